The summed E-state index contributed by atoms with van der Waals surface area (Å²) in [5.41, 5.74) is -0.0899. The number of carbonyl (C=O) groups is 2. The summed E-state index contributed by atoms with van der Waals surface area (Å²) in [6.07, 6.45) is -1.00. The Bertz CT molecular complexity index is 790. The summed E-state index contributed by atoms with van der Waals surface area (Å²) in [6, 6.07) is 9.53. The Morgan fingerprint density at radius 3 is 2.58 bits per heavy atom. The highest BCUT2D eigenvalue weighted by Crippen LogP contribution is 2.31. The van der Waals surface area contributed by atoms with Crippen LogP contribution in [-0.2, 0) is 9.53 Å². The number of fused-ring (bicyclic) bond motifs is 1. The minimum absolute atomic E-state index is 0.0464. The largest absolute Gasteiger partial charge is 0.485 e. The van der Waals surface area contributed by atoms with Crippen molar-refractivity contribution in [3.63, 3.8) is 0 Å². The number of benzene rings is 2. The molecule has 0 aliphatic carbocycles. The Labute approximate surface area is 135 Å². The molecular formula is C17H12F2O5. The highest BCUT2D eigenvalue weighted by Gasteiger charge is 2.29. The van der Waals surface area contributed by atoms with Crippen LogP contribution < -0.4 is 9.47 Å². The minimum atomic E-state index is -1.15. The summed E-state index contributed by atoms with van der Waals surface area (Å²) in [7, 11) is 0. The van der Waals surface area contributed by atoms with Gasteiger partial charge in [0.05, 0.1) is 0 Å². The predicted octanol–water partition coefficient (Wildman–Crippen LogP) is 2.53. The van der Waals surface area contributed by atoms with E-state index in [1.54, 1.807) is 24.3 Å². The van der Waals surface area contributed by atoms with Gasteiger partial charge in [0.25, 0.3) is 0 Å². The molecule has 2 aromatic carbocycles. The van der Waals surface area contributed by atoms with Crippen LogP contribution in [0.2, 0.25) is 0 Å². The molecule has 124 valence electrons. The van der Waals surface area contributed by atoms with E-state index in [0.29, 0.717) is 11.5 Å². The zero-order chi connectivity index (χ0) is 17.1. The summed E-state index contributed by atoms with van der Waals surface area (Å²) in [5.74, 6) is -2.72. The van der Waals surface area contributed by atoms with Crippen molar-refractivity contribution in [1.82, 2.24) is 0 Å². The van der Waals surface area contributed by atoms with Crippen LogP contribution in [0.3, 0.4) is 0 Å². The van der Waals surface area contributed by atoms with Gasteiger partial charge in [-0.25, -0.2) is 13.6 Å². The highest BCUT2D eigenvalue weighted by molar-refractivity contribution is 5.98. The van der Waals surface area contributed by atoms with Crippen LogP contribution in [0.4, 0.5) is 8.78 Å². The van der Waals surface area contributed by atoms with E-state index in [2.05, 4.69) is 0 Å². The first-order valence-corrected chi connectivity index (χ1v) is 7.08. The molecule has 7 heteroatoms. The fraction of sp³-hybridized carbons (Fsp3) is 0.176. The van der Waals surface area contributed by atoms with Gasteiger partial charge in [-0.1, -0.05) is 12.1 Å². The standard InChI is InChI=1S/C17H12F2O5/c18-11-6-5-10(7-12(11)19)13(20)8-23-17(21)16-9-22-14-3-1-2-4-15(14)24-16/h1-7,16H,8-9H2/t16-/m1/s1. The van der Waals surface area contributed by atoms with Gasteiger partial charge in [0.2, 0.25) is 6.10 Å². The molecule has 5 nitrogen and oxygen atoms in total. The van der Waals surface area contributed by atoms with Crippen molar-refractivity contribution in [3.05, 3.63) is 59.7 Å². The van der Waals surface area contributed by atoms with Crippen LogP contribution in [0, 0.1) is 11.6 Å². The average molecular weight is 334 g/mol. The van der Waals surface area contributed by atoms with Crippen molar-refractivity contribution < 1.29 is 32.6 Å². The van der Waals surface area contributed by atoms with Crippen LogP contribution in [-0.4, -0.2) is 31.1 Å². The molecule has 0 fully saturated rings. The molecule has 24 heavy (non-hydrogen) atoms. The fourth-order valence-electron chi connectivity index (χ4n) is 2.12. The molecule has 3 rings (SSSR count). The number of ether oxygens (including phenoxy) is 3. The smallest absolute Gasteiger partial charge is 0.351 e. The lowest BCUT2D eigenvalue weighted by atomic mass is 10.1. The third-order valence-electron chi connectivity index (χ3n) is 3.36. The molecule has 1 aliphatic rings. The number of ketones is 1. The SMILES string of the molecule is O=C(COC(=O)[C@H]1COc2ccccc2O1)c1ccc(F)c(F)c1. The van der Waals surface area contributed by atoms with Crippen molar-refractivity contribution >= 4 is 11.8 Å². The quantitative estimate of drug-likeness (QED) is 0.635. The molecule has 2 aromatic rings. The van der Waals surface area contributed by atoms with Crippen LogP contribution in [0.25, 0.3) is 0 Å². The van der Waals surface area contributed by atoms with E-state index in [0.717, 1.165) is 18.2 Å². The number of carbonyl (C=O) groups excluding carboxylic acids is 2. The van der Waals surface area contributed by atoms with E-state index in [9.17, 15) is 18.4 Å². The van der Waals surface area contributed by atoms with Gasteiger partial charge >= 0.3 is 5.97 Å². The maximum Gasteiger partial charge on any atom is 0.351 e. The first kappa shape index (κ1) is 15.9. The molecule has 0 radical (unpaired) electrons. The number of hydrogen-bond acceptors (Lipinski definition) is 5. The number of halogens is 2. The normalized spacial score (nSPS) is 15.7. The van der Waals surface area contributed by atoms with Gasteiger partial charge in [0.1, 0.15) is 6.61 Å². The Hall–Kier alpha value is -2.96. The summed E-state index contributed by atoms with van der Waals surface area (Å²) in [5, 5.41) is 0. The van der Waals surface area contributed by atoms with Crippen LogP contribution in [0.1, 0.15) is 10.4 Å². The number of rotatable bonds is 4. The summed E-state index contributed by atoms with van der Waals surface area (Å²) < 4.78 is 41.6. The number of esters is 1. The summed E-state index contributed by atoms with van der Waals surface area (Å²) in [4.78, 5) is 23.8. The minimum Gasteiger partial charge on any atom is -0.485 e. The van der Waals surface area contributed by atoms with Gasteiger partial charge in [0, 0.05) is 5.56 Å². The zero-order valence-corrected chi connectivity index (χ0v) is 12.3. The second-order valence-electron chi connectivity index (χ2n) is 5.02. The summed E-state index contributed by atoms with van der Waals surface area (Å²) in [6.45, 7) is -0.652. The Balaban J connectivity index is 1.58. The molecule has 0 bridgehead atoms. The summed E-state index contributed by atoms with van der Waals surface area (Å²) >= 11 is 0. The predicted molar refractivity (Wildman–Crippen MR) is 78.0 cm³/mol. The molecule has 0 spiro atoms. The molecule has 0 aromatic heterocycles. The van der Waals surface area contributed by atoms with E-state index in [-0.39, 0.29) is 12.2 Å². The Morgan fingerprint density at radius 2 is 1.83 bits per heavy atom. The molecule has 1 heterocycles. The molecule has 0 unspecified atom stereocenters. The average Bonchev–Trinajstić information content (AvgIpc) is 2.61. The molecule has 0 saturated carbocycles. The van der Waals surface area contributed by atoms with Crippen LogP contribution >= 0.6 is 0 Å². The zero-order valence-electron chi connectivity index (χ0n) is 12.3. The van der Waals surface area contributed by atoms with Crippen molar-refractivity contribution in [1.29, 1.82) is 0 Å². The molecule has 0 N–H and O–H groups in total. The van der Waals surface area contributed by atoms with Gasteiger partial charge in [-0.2, -0.15) is 0 Å². The maximum absolute atomic E-state index is 13.1. The highest BCUT2D eigenvalue weighted by atomic mass is 19.2. The Morgan fingerprint density at radius 1 is 1.08 bits per heavy atom. The number of para-hydroxylation sites is 2. The van der Waals surface area contributed by atoms with E-state index < -0.39 is 36.1 Å². The lowest BCUT2D eigenvalue weighted by Gasteiger charge is -2.24. The fourth-order valence-corrected chi connectivity index (χ4v) is 2.12. The molecule has 0 amide bonds. The van der Waals surface area contributed by atoms with Gasteiger partial charge in [-0.15, -0.1) is 0 Å². The van der Waals surface area contributed by atoms with E-state index in [1.807, 2.05) is 0 Å². The first-order chi connectivity index (χ1) is 11.5. The van der Waals surface area contributed by atoms with Crippen molar-refractivity contribution in [3.8, 4) is 11.5 Å². The van der Waals surface area contributed by atoms with Crippen molar-refractivity contribution in [2.24, 2.45) is 0 Å². The topological polar surface area (TPSA) is 61.8 Å². The maximum atomic E-state index is 13.1. The van der Waals surface area contributed by atoms with Gasteiger partial charge in [-0.3, -0.25) is 4.79 Å². The Kier molecular flexibility index (Phi) is 4.41. The third-order valence-corrected chi connectivity index (χ3v) is 3.36. The van der Waals surface area contributed by atoms with Crippen molar-refractivity contribution in [2.45, 2.75) is 6.10 Å². The molecule has 1 aliphatic heterocycles. The third kappa shape index (κ3) is 3.34. The van der Waals surface area contributed by atoms with E-state index >= 15 is 0 Å². The number of hydrogen-bond donors (Lipinski definition) is 0. The second-order valence-corrected chi connectivity index (χ2v) is 5.02. The van der Waals surface area contributed by atoms with Gasteiger partial charge < -0.3 is 14.2 Å². The van der Waals surface area contributed by atoms with Crippen molar-refractivity contribution in [2.75, 3.05) is 13.2 Å². The molecule has 0 saturated heterocycles. The number of Topliss-reactive ketones (excluding diaryl/α,β-unsaturated/α-hetero) is 1. The van der Waals surface area contributed by atoms with E-state index in [4.69, 9.17) is 14.2 Å². The second kappa shape index (κ2) is 6.66. The molecule has 1 atom stereocenters. The van der Waals surface area contributed by atoms with Gasteiger partial charge in [0.15, 0.2) is 35.5 Å². The van der Waals surface area contributed by atoms with Gasteiger partial charge in [-0.05, 0) is 30.3 Å². The van der Waals surface area contributed by atoms with Crippen LogP contribution in [0.5, 0.6) is 11.5 Å². The van der Waals surface area contributed by atoms with Crippen LogP contribution in [0.15, 0.2) is 42.5 Å². The van der Waals surface area contributed by atoms with E-state index in [1.165, 1.54) is 0 Å². The lowest BCUT2D eigenvalue weighted by molar-refractivity contribution is -0.153. The molecular weight excluding hydrogens is 322 g/mol. The monoisotopic (exact) mass is 334 g/mol. The lowest BCUT2D eigenvalue weighted by Crippen LogP contribution is -2.38. The first-order valence-electron chi connectivity index (χ1n) is 7.08.